The molecule has 0 fully saturated rings. The molecule has 0 N–H and O–H groups in total. The molecule has 1 rings (SSSR count). The molecule has 13 heavy (non-hydrogen) atoms. The number of pyridine rings is 1. The molecule has 0 atom stereocenters. The van der Waals surface area contributed by atoms with Crippen LogP contribution in [0.2, 0.25) is 0 Å². The van der Waals surface area contributed by atoms with E-state index in [1.54, 1.807) is 0 Å². The van der Waals surface area contributed by atoms with Crippen molar-refractivity contribution >= 4 is 5.69 Å². The van der Waals surface area contributed by atoms with Crippen LogP contribution < -0.4 is 4.90 Å². The standard InChI is InChI=1S/C11H18N2/c1-9(2)13(10(3)4)11-5-7-12-8-6-11/h5-10H,1-4H3. The van der Waals surface area contributed by atoms with Gasteiger partial charge in [0, 0.05) is 30.2 Å². The van der Waals surface area contributed by atoms with E-state index in [0.717, 1.165) is 0 Å². The number of aromatic nitrogens is 1. The highest BCUT2D eigenvalue weighted by Crippen LogP contribution is 2.18. The van der Waals surface area contributed by atoms with E-state index in [2.05, 4.69) is 49.7 Å². The number of hydrogen-bond donors (Lipinski definition) is 0. The van der Waals surface area contributed by atoms with Crippen LogP contribution in [0, 0.1) is 0 Å². The van der Waals surface area contributed by atoms with E-state index in [0.29, 0.717) is 12.1 Å². The van der Waals surface area contributed by atoms with Crippen molar-refractivity contribution in [2.75, 3.05) is 4.90 Å². The Hall–Kier alpha value is -1.05. The van der Waals surface area contributed by atoms with E-state index in [1.807, 2.05) is 12.4 Å². The van der Waals surface area contributed by atoms with Gasteiger partial charge >= 0.3 is 0 Å². The lowest BCUT2D eigenvalue weighted by Gasteiger charge is -2.32. The predicted octanol–water partition coefficient (Wildman–Crippen LogP) is 2.70. The molecule has 0 spiro atoms. The van der Waals surface area contributed by atoms with Gasteiger partial charge in [-0.3, -0.25) is 4.98 Å². The molecule has 72 valence electrons. The fourth-order valence-corrected chi connectivity index (χ4v) is 1.71. The highest BCUT2D eigenvalue weighted by atomic mass is 15.2. The van der Waals surface area contributed by atoms with Crippen LogP contribution in [0.25, 0.3) is 0 Å². The molecule has 1 heterocycles. The maximum absolute atomic E-state index is 4.02. The van der Waals surface area contributed by atoms with Crippen LogP contribution in [0.4, 0.5) is 5.69 Å². The zero-order chi connectivity index (χ0) is 9.84. The van der Waals surface area contributed by atoms with Crippen molar-refractivity contribution in [2.45, 2.75) is 39.8 Å². The molecule has 0 aliphatic heterocycles. The first-order chi connectivity index (χ1) is 6.13. The monoisotopic (exact) mass is 178 g/mol. The zero-order valence-corrected chi connectivity index (χ0v) is 8.86. The molecule has 1 aromatic rings. The van der Waals surface area contributed by atoms with Gasteiger partial charge in [0.25, 0.3) is 0 Å². The second-order valence-corrected chi connectivity index (χ2v) is 3.80. The summed E-state index contributed by atoms with van der Waals surface area (Å²) < 4.78 is 0. The first-order valence-corrected chi connectivity index (χ1v) is 4.81. The third-order valence-corrected chi connectivity index (χ3v) is 2.07. The van der Waals surface area contributed by atoms with E-state index in [1.165, 1.54) is 5.69 Å². The minimum Gasteiger partial charge on any atom is -0.367 e. The summed E-state index contributed by atoms with van der Waals surface area (Å²) >= 11 is 0. The molecular weight excluding hydrogens is 160 g/mol. The maximum Gasteiger partial charge on any atom is 0.0401 e. The normalized spacial score (nSPS) is 10.9. The van der Waals surface area contributed by atoms with Crippen molar-refractivity contribution in [1.29, 1.82) is 0 Å². The first-order valence-electron chi connectivity index (χ1n) is 4.81. The molecule has 0 unspecified atom stereocenters. The number of hydrogen-bond acceptors (Lipinski definition) is 2. The molecule has 0 amide bonds. The summed E-state index contributed by atoms with van der Waals surface area (Å²) in [6, 6.07) is 5.17. The fraction of sp³-hybridized carbons (Fsp3) is 0.545. The SMILES string of the molecule is CC(C)N(c1ccncc1)C(C)C. The van der Waals surface area contributed by atoms with Gasteiger partial charge in [0.15, 0.2) is 0 Å². The molecule has 0 saturated heterocycles. The van der Waals surface area contributed by atoms with Crippen LogP contribution in [0.5, 0.6) is 0 Å². The van der Waals surface area contributed by atoms with Crippen LogP contribution in [0.15, 0.2) is 24.5 Å². The highest BCUT2D eigenvalue weighted by molar-refractivity contribution is 5.46. The summed E-state index contributed by atoms with van der Waals surface area (Å²) in [4.78, 5) is 6.40. The van der Waals surface area contributed by atoms with Crippen LogP contribution in [-0.4, -0.2) is 17.1 Å². The molecule has 0 aliphatic carbocycles. The van der Waals surface area contributed by atoms with E-state index in [4.69, 9.17) is 0 Å². The van der Waals surface area contributed by atoms with Gasteiger partial charge in [-0.2, -0.15) is 0 Å². The van der Waals surface area contributed by atoms with Crippen LogP contribution in [-0.2, 0) is 0 Å². The Bertz CT molecular complexity index is 234. The van der Waals surface area contributed by atoms with Gasteiger partial charge in [-0.1, -0.05) is 0 Å². The van der Waals surface area contributed by atoms with Crippen molar-refractivity contribution in [3.63, 3.8) is 0 Å². The third kappa shape index (κ3) is 2.44. The largest absolute Gasteiger partial charge is 0.367 e. The molecular formula is C11H18N2. The Morgan fingerprint density at radius 2 is 1.46 bits per heavy atom. The summed E-state index contributed by atoms with van der Waals surface area (Å²) in [5.41, 5.74) is 1.25. The quantitative estimate of drug-likeness (QED) is 0.707. The summed E-state index contributed by atoms with van der Waals surface area (Å²) in [5, 5.41) is 0. The second kappa shape index (κ2) is 4.26. The second-order valence-electron chi connectivity index (χ2n) is 3.80. The number of rotatable bonds is 3. The van der Waals surface area contributed by atoms with Gasteiger partial charge < -0.3 is 4.90 Å². The van der Waals surface area contributed by atoms with Crippen molar-refractivity contribution < 1.29 is 0 Å². The van der Waals surface area contributed by atoms with Crippen LogP contribution >= 0.6 is 0 Å². The lowest BCUT2D eigenvalue weighted by Crippen LogP contribution is -2.36. The molecule has 0 aliphatic rings. The topological polar surface area (TPSA) is 16.1 Å². The Morgan fingerprint density at radius 1 is 1.00 bits per heavy atom. The minimum absolute atomic E-state index is 0.530. The zero-order valence-electron chi connectivity index (χ0n) is 8.86. The highest BCUT2D eigenvalue weighted by Gasteiger charge is 2.12. The average molecular weight is 178 g/mol. The van der Waals surface area contributed by atoms with Gasteiger partial charge in [0.1, 0.15) is 0 Å². The molecule has 0 radical (unpaired) electrons. The van der Waals surface area contributed by atoms with Crippen molar-refractivity contribution in [3.05, 3.63) is 24.5 Å². The molecule has 2 nitrogen and oxygen atoms in total. The molecule has 0 aromatic carbocycles. The predicted molar refractivity (Wildman–Crippen MR) is 57.0 cm³/mol. The molecule has 1 aromatic heterocycles. The first kappa shape index (κ1) is 10.0. The summed E-state index contributed by atoms with van der Waals surface area (Å²) in [5.74, 6) is 0. The smallest absolute Gasteiger partial charge is 0.0401 e. The number of anilines is 1. The average Bonchev–Trinajstić information content (AvgIpc) is 2.04. The van der Waals surface area contributed by atoms with Gasteiger partial charge in [-0.15, -0.1) is 0 Å². The van der Waals surface area contributed by atoms with Crippen molar-refractivity contribution in [2.24, 2.45) is 0 Å². The lowest BCUT2D eigenvalue weighted by atomic mass is 10.2. The van der Waals surface area contributed by atoms with E-state index in [-0.39, 0.29) is 0 Å². The third-order valence-electron chi connectivity index (χ3n) is 2.07. The van der Waals surface area contributed by atoms with E-state index in [9.17, 15) is 0 Å². The number of nitrogens with zero attached hydrogens (tertiary/aromatic N) is 2. The van der Waals surface area contributed by atoms with Crippen molar-refractivity contribution in [1.82, 2.24) is 4.98 Å². The molecule has 0 saturated carbocycles. The maximum atomic E-state index is 4.02. The van der Waals surface area contributed by atoms with Crippen LogP contribution in [0.1, 0.15) is 27.7 Å². The van der Waals surface area contributed by atoms with E-state index >= 15 is 0 Å². The molecule has 0 bridgehead atoms. The van der Waals surface area contributed by atoms with Crippen molar-refractivity contribution in [3.8, 4) is 0 Å². The Kier molecular flexibility index (Phi) is 3.29. The minimum atomic E-state index is 0.530. The summed E-state index contributed by atoms with van der Waals surface area (Å²) in [7, 11) is 0. The summed E-state index contributed by atoms with van der Waals surface area (Å²) in [6.45, 7) is 8.84. The fourth-order valence-electron chi connectivity index (χ4n) is 1.71. The van der Waals surface area contributed by atoms with Gasteiger partial charge in [-0.05, 0) is 39.8 Å². The Balaban J connectivity index is 2.89. The summed E-state index contributed by atoms with van der Waals surface area (Å²) in [6.07, 6.45) is 3.68. The van der Waals surface area contributed by atoms with Gasteiger partial charge in [0.05, 0.1) is 0 Å². The molecule has 2 heteroatoms. The van der Waals surface area contributed by atoms with E-state index < -0.39 is 0 Å². The van der Waals surface area contributed by atoms with Gasteiger partial charge in [0.2, 0.25) is 0 Å². The lowest BCUT2D eigenvalue weighted by molar-refractivity contribution is 0.608. The Morgan fingerprint density at radius 3 is 1.85 bits per heavy atom. The van der Waals surface area contributed by atoms with Gasteiger partial charge in [-0.25, -0.2) is 0 Å². The Labute approximate surface area is 80.6 Å². The van der Waals surface area contributed by atoms with Crippen LogP contribution in [0.3, 0.4) is 0 Å².